The number of hydrogen-bond acceptors (Lipinski definition) is 5. The molecule has 168 valence electrons. The van der Waals surface area contributed by atoms with Gasteiger partial charge in [-0.3, -0.25) is 14.8 Å². The van der Waals surface area contributed by atoms with Gasteiger partial charge in [0.05, 0.1) is 15.6 Å². The smallest absolute Gasteiger partial charge is 0.261 e. The number of rotatable bonds is 6. The molecule has 0 unspecified atom stereocenters. The van der Waals surface area contributed by atoms with Crippen molar-refractivity contribution in [1.29, 1.82) is 0 Å². The fraction of sp³-hybridized carbons (Fsp3) is 0. The second-order valence-corrected chi connectivity index (χ2v) is 10.6. The normalized spacial score (nSPS) is 11.2. The molecule has 1 heterocycles. The van der Waals surface area contributed by atoms with Crippen molar-refractivity contribution in [2.75, 3.05) is 10.0 Å². The fourth-order valence-corrected chi connectivity index (χ4v) is 5.14. The first-order valence-corrected chi connectivity index (χ1v) is 12.8. The van der Waals surface area contributed by atoms with Crippen LogP contribution in [0, 0.1) is 0 Å². The van der Waals surface area contributed by atoms with Gasteiger partial charge in [0.15, 0.2) is 5.13 Å². The summed E-state index contributed by atoms with van der Waals surface area (Å²) in [6.07, 6.45) is 0. The third-order valence-electron chi connectivity index (χ3n) is 4.43. The molecule has 2 N–H and O–H groups in total. The van der Waals surface area contributed by atoms with Crippen molar-refractivity contribution in [3.8, 4) is 11.3 Å². The van der Waals surface area contributed by atoms with Crippen molar-refractivity contribution >= 4 is 72.9 Å². The van der Waals surface area contributed by atoms with Gasteiger partial charge in [-0.2, -0.15) is 0 Å². The van der Waals surface area contributed by atoms with Crippen molar-refractivity contribution in [1.82, 2.24) is 4.98 Å². The van der Waals surface area contributed by atoms with Crippen LogP contribution in [0.25, 0.3) is 11.3 Å². The number of anilines is 2. The lowest BCUT2D eigenvalue weighted by atomic mass is 10.2. The summed E-state index contributed by atoms with van der Waals surface area (Å²) < 4.78 is 27.6. The van der Waals surface area contributed by atoms with Gasteiger partial charge in [-0.15, -0.1) is 11.3 Å². The third kappa shape index (κ3) is 5.66. The molecular formula is C22H14Cl3N3O3S2. The van der Waals surface area contributed by atoms with E-state index in [4.69, 9.17) is 34.8 Å². The average molecular weight is 539 g/mol. The molecule has 0 aliphatic carbocycles. The summed E-state index contributed by atoms with van der Waals surface area (Å²) in [7, 11) is -3.84. The Bertz CT molecular complexity index is 1440. The first kappa shape index (κ1) is 23.5. The average Bonchev–Trinajstić information content (AvgIpc) is 3.24. The Morgan fingerprint density at radius 1 is 0.909 bits per heavy atom. The molecule has 0 spiro atoms. The molecule has 3 aromatic carbocycles. The van der Waals surface area contributed by atoms with E-state index in [0.717, 1.165) is 0 Å². The molecule has 4 aromatic rings. The van der Waals surface area contributed by atoms with Crippen LogP contribution >= 0.6 is 46.1 Å². The Balaban J connectivity index is 1.50. The minimum Gasteiger partial charge on any atom is -0.298 e. The molecule has 1 amide bonds. The molecule has 4 rings (SSSR count). The molecule has 0 atom stereocenters. The zero-order chi connectivity index (χ0) is 23.6. The number of carbonyl (C=O) groups excluding carboxylic acids is 1. The quantitative estimate of drug-likeness (QED) is 0.282. The molecular weight excluding hydrogens is 525 g/mol. The summed E-state index contributed by atoms with van der Waals surface area (Å²) in [6, 6.07) is 16.9. The number of benzene rings is 3. The topological polar surface area (TPSA) is 88.2 Å². The third-order valence-corrected chi connectivity index (χ3v) is 7.40. The van der Waals surface area contributed by atoms with E-state index in [1.165, 1.54) is 41.7 Å². The summed E-state index contributed by atoms with van der Waals surface area (Å²) in [4.78, 5) is 17.2. The molecule has 33 heavy (non-hydrogen) atoms. The highest BCUT2D eigenvalue weighted by atomic mass is 35.5. The molecule has 0 saturated carbocycles. The van der Waals surface area contributed by atoms with Gasteiger partial charge in [0, 0.05) is 32.2 Å². The highest BCUT2D eigenvalue weighted by Crippen LogP contribution is 2.32. The van der Waals surface area contributed by atoms with Crippen LogP contribution in [0.4, 0.5) is 10.8 Å². The Kier molecular flexibility index (Phi) is 6.92. The number of thiazole rings is 1. The number of aromatic nitrogens is 1. The molecule has 11 heteroatoms. The summed E-state index contributed by atoms with van der Waals surface area (Å²) in [5, 5.41) is 6.26. The lowest BCUT2D eigenvalue weighted by molar-refractivity contribution is 0.102. The van der Waals surface area contributed by atoms with E-state index in [-0.39, 0.29) is 16.1 Å². The second-order valence-electron chi connectivity index (χ2n) is 6.76. The van der Waals surface area contributed by atoms with Gasteiger partial charge >= 0.3 is 0 Å². The van der Waals surface area contributed by atoms with Crippen LogP contribution in [0.3, 0.4) is 0 Å². The van der Waals surface area contributed by atoms with E-state index in [1.807, 2.05) is 0 Å². The van der Waals surface area contributed by atoms with E-state index in [9.17, 15) is 13.2 Å². The molecule has 0 bridgehead atoms. The fourth-order valence-electron chi connectivity index (χ4n) is 2.87. The van der Waals surface area contributed by atoms with Crippen LogP contribution in [-0.2, 0) is 10.0 Å². The lowest BCUT2D eigenvalue weighted by Crippen LogP contribution is -2.15. The predicted molar refractivity (Wildman–Crippen MR) is 134 cm³/mol. The highest BCUT2D eigenvalue weighted by molar-refractivity contribution is 7.92. The number of sulfonamides is 1. The summed E-state index contributed by atoms with van der Waals surface area (Å²) in [5.74, 6) is -0.444. The molecule has 0 radical (unpaired) electrons. The minimum absolute atomic E-state index is 0.0525. The SMILES string of the molecule is O=C(Nc1nc(-c2cc(Cl)ccc2Cl)cs1)c1cccc(NS(=O)(=O)c2ccc(Cl)cc2)c1. The van der Waals surface area contributed by atoms with Gasteiger partial charge in [-0.05, 0) is 60.7 Å². The van der Waals surface area contributed by atoms with Crippen LogP contribution in [0.15, 0.2) is 77.0 Å². The number of halogens is 3. The van der Waals surface area contributed by atoms with E-state index in [2.05, 4.69) is 15.0 Å². The number of hydrogen-bond donors (Lipinski definition) is 2. The number of nitrogens with one attached hydrogen (secondary N) is 2. The first-order valence-electron chi connectivity index (χ1n) is 9.32. The van der Waals surface area contributed by atoms with Gasteiger partial charge in [0.25, 0.3) is 15.9 Å². The Labute approximate surface area is 209 Å². The van der Waals surface area contributed by atoms with Gasteiger partial charge in [-0.1, -0.05) is 40.9 Å². The molecule has 0 aliphatic rings. The second kappa shape index (κ2) is 9.70. The standard InChI is InChI=1S/C22H14Cl3N3O3S2/c23-14-4-7-17(8-5-14)33(30,31)28-16-3-1-2-13(10-16)21(29)27-22-26-20(12-32-22)18-11-15(24)6-9-19(18)25/h1-12,28H,(H,26,27,29). The number of amides is 1. The van der Waals surface area contributed by atoms with Crippen LogP contribution < -0.4 is 10.0 Å². The minimum atomic E-state index is -3.84. The molecule has 0 fully saturated rings. The first-order chi connectivity index (χ1) is 15.7. The van der Waals surface area contributed by atoms with E-state index < -0.39 is 15.9 Å². The highest BCUT2D eigenvalue weighted by Gasteiger charge is 2.16. The monoisotopic (exact) mass is 537 g/mol. The maximum atomic E-state index is 12.7. The predicted octanol–water partition coefficient (Wildman–Crippen LogP) is 6.82. The Morgan fingerprint density at radius 3 is 2.39 bits per heavy atom. The molecule has 6 nitrogen and oxygen atoms in total. The zero-order valence-electron chi connectivity index (χ0n) is 16.6. The maximum absolute atomic E-state index is 12.7. The van der Waals surface area contributed by atoms with Crippen molar-refractivity contribution in [2.45, 2.75) is 4.90 Å². The lowest BCUT2D eigenvalue weighted by Gasteiger charge is -2.09. The van der Waals surface area contributed by atoms with Crippen LogP contribution in [0.1, 0.15) is 10.4 Å². The maximum Gasteiger partial charge on any atom is 0.261 e. The van der Waals surface area contributed by atoms with Crippen LogP contribution in [0.5, 0.6) is 0 Å². The molecule has 1 aromatic heterocycles. The van der Waals surface area contributed by atoms with Crippen molar-refractivity contribution in [3.63, 3.8) is 0 Å². The summed E-state index contributed by atoms with van der Waals surface area (Å²) in [5.41, 5.74) is 1.72. The number of carbonyl (C=O) groups is 1. The number of nitrogens with zero attached hydrogens (tertiary/aromatic N) is 1. The van der Waals surface area contributed by atoms with Crippen molar-refractivity contribution in [3.05, 3.63) is 92.7 Å². The largest absolute Gasteiger partial charge is 0.298 e. The zero-order valence-corrected chi connectivity index (χ0v) is 20.5. The van der Waals surface area contributed by atoms with E-state index >= 15 is 0 Å². The molecule has 0 saturated heterocycles. The molecule has 0 aliphatic heterocycles. The van der Waals surface area contributed by atoms with E-state index in [1.54, 1.807) is 41.8 Å². The van der Waals surface area contributed by atoms with E-state index in [0.29, 0.717) is 31.5 Å². The van der Waals surface area contributed by atoms with Gasteiger partial charge in [0.1, 0.15) is 0 Å². The van der Waals surface area contributed by atoms with Gasteiger partial charge < -0.3 is 0 Å². The van der Waals surface area contributed by atoms with Gasteiger partial charge in [0.2, 0.25) is 0 Å². The Hall–Kier alpha value is -2.62. The van der Waals surface area contributed by atoms with Crippen LogP contribution in [-0.4, -0.2) is 19.3 Å². The Morgan fingerprint density at radius 2 is 1.64 bits per heavy atom. The van der Waals surface area contributed by atoms with Gasteiger partial charge in [-0.25, -0.2) is 13.4 Å². The van der Waals surface area contributed by atoms with Crippen LogP contribution in [0.2, 0.25) is 15.1 Å². The summed E-state index contributed by atoms with van der Waals surface area (Å²) >= 11 is 19.3. The van der Waals surface area contributed by atoms with Crippen molar-refractivity contribution in [2.24, 2.45) is 0 Å². The van der Waals surface area contributed by atoms with Crippen molar-refractivity contribution < 1.29 is 13.2 Å². The summed E-state index contributed by atoms with van der Waals surface area (Å²) in [6.45, 7) is 0.